The lowest BCUT2D eigenvalue weighted by molar-refractivity contribution is 0.0696. The molecule has 0 spiro atoms. The van der Waals surface area contributed by atoms with E-state index in [0.717, 1.165) is 40.3 Å². The Hall–Kier alpha value is -4.81. The summed E-state index contributed by atoms with van der Waals surface area (Å²) >= 11 is 0. The lowest BCUT2D eigenvalue weighted by Gasteiger charge is -2.27. The number of hydrogen-bond acceptors (Lipinski definition) is 8. The number of nitrogens with zero attached hydrogens (tertiary/aromatic N) is 4. The van der Waals surface area contributed by atoms with Gasteiger partial charge in [0.1, 0.15) is 6.61 Å². The number of aromatic carboxylic acids is 1. The molecule has 3 N–H and O–H groups in total. The van der Waals surface area contributed by atoms with Crippen molar-refractivity contribution in [1.82, 2.24) is 24.9 Å². The third kappa shape index (κ3) is 8.06. The number of fused-ring (bicyclic) bond motifs is 1. The Morgan fingerprint density at radius 1 is 1.00 bits per heavy atom. The van der Waals surface area contributed by atoms with Crippen molar-refractivity contribution in [3.63, 3.8) is 0 Å². The number of aryl methyl sites for hydroxylation is 2. The van der Waals surface area contributed by atoms with Gasteiger partial charge in [-0.15, -0.1) is 0 Å². The Balaban J connectivity index is 1.43. The lowest BCUT2D eigenvalue weighted by Crippen LogP contribution is -2.37. The van der Waals surface area contributed by atoms with Crippen LogP contribution in [0.5, 0.6) is 5.88 Å². The van der Waals surface area contributed by atoms with Gasteiger partial charge in [-0.1, -0.05) is 45.0 Å². The maximum absolute atomic E-state index is 13.3. The van der Waals surface area contributed by atoms with Gasteiger partial charge in [0.15, 0.2) is 0 Å². The molecule has 3 aromatic heterocycles. The van der Waals surface area contributed by atoms with Gasteiger partial charge in [0, 0.05) is 36.6 Å². The second kappa shape index (κ2) is 13.3. The summed E-state index contributed by atoms with van der Waals surface area (Å²) in [5.74, 6) is -1.22. The molecule has 1 unspecified atom stereocenters. The Morgan fingerprint density at radius 3 is 2.46 bits per heavy atom. The third-order valence-corrected chi connectivity index (χ3v) is 8.73. The van der Waals surface area contributed by atoms with E-state index >= 15 is 0 Å². The number of benzene rings is 2. The van der Waals surface area contributed by atoms with Gasteiger partial charge in [-0.2, -0.15) is 10.1 Å². The van der Waals surface area contributed by atoms with Crippen LogP contribution < -0.4 is 14.8 Å². The maximum Gasteiger partial charge on any atom is 0.335 e. The van der Waals surface area contributed by atoms with Crippen LogP contribution in [0, 0.1) is 19.3 Å². The van der Waals surface area contributed by atoms with Crippen LogP contribution in [0.1, 0.15) is 54.2 Å². The zero-order chi connectivity index (χ0) is 33.1. The normalized spacial score (nSPS) is 12.6. The number of carboxylic acids is 1. The predicted octanol–water partition coefficient (Wildman–Crippen LogP) is 5.88. The first kappa shape index (κ1) is 32.6. The summed E-state index contributed by atoms with van der Waals surface area (Å²) in [5, 5.41) is 17.2. The molecule has 0 saturated heterocycles. The SMILES string of the molecule is Cc1cccc(C)c1-c1cc(OCC(CC(C)(C)C)NCc2ccn3nccc3c2)nc(NS(=O)(=O)c2cccc(C(=O)O)c2)n1. The topological polar surface area (TPSA) is 148 Å². The summed E-state index contributed by atoms with van der Waals surface area (Å²) < 4.78 is 37.2. The standard InChI is InChI=1S/C34H38N6O5S/c1-22-8-6-9-23(2)31(22)29-18-30(38-33(37-29)39-46(43,44)28-11-7-10-25(17-28)32(41)42)45-21-26(19-34(3,4)5)35-20-24-13-15-40-27(16-24)12-14-36-40/h6-18,26,35H,19-21H2,1-5H3,(H,41,42)(H,37,38,39). The van der Waals surface area contributed by atoms with Crippen molar-refractivity contribution < 1.29 is 23.1 Å². The highest BCUT2D eigenvalue weighted by molar-refractivity contribution is 7.92. The molecular weight excluding hydrogens is 604 g/mol. The number of carboxylic acid groups (broad SMARTS) is 1. The molecule has 0 aliphatic heterocycles. The van der Waals surface area contributed by atoms with E-state index in [4.69, 9.17) is 4.74 Å². The number of hydrogen-bond donors (Lipinski definition) is 3. The number of anilines is 1. The number of ether oxygens (including phenoxy) is 1. The van der Waals surface area contributed by atoms with Crippen LogP contribution in [0.15, 0.2) is 84.0 Å². The summed E-state index contributed by atoms with van der Waals surface area (Å²) in [4.78, 5) is 20.2. The van der Waals surface area contributed by atoms with Crippen LogP contribution in [-0.4, -0.2) is 51.7 Å². The van der Waals surface area contributed by atoms with E-state index in [0.29, 0.717) is 12.2 Å². The second-order valence-corrected chi connectivity index (χ2v) is 14.2. The molecule has 0 aliphatic rings. The van der Waals surface area contributed by atoms with E-state index in [-0.39, 0.29) is 40.4 Å². The van der Waals surface area contributed by atoms with E-state index in [1.165, 1.54) is 18.2 Å². The summed E-state index contributed by atoms with van der Waals surface area (Å²) in [7, 11) is -4.22. The number of pyridine rings is 1. The Kier molecular flexibility index (Phi) is 9.40. The zero-order valence-electron chi connectivity index (χ0n) is 26.5. The summed E-state index contributed by atoms with van der Waals surface area (Å²) in [5.41, 5.74) is 5.19. The lowest BCUT2D eigenvalue weighted by atomic mass is 9.88. The van der Waals surface area contributed by atoms with Crippen LogP contribution in [-0.2, 0) is 16.6 Å². The molecule has 0 aliphatic carbocycles. The van der Waals surface area contributed by atoms with Crippen LogP contribution in [0.2, 0.25) is 0 Å². The summed E-state index contributed by atoms with van der Waals surface area (Å²) in [6.45, 7) is 11.3. The number of rotatable bonds is 12. The Morgan fingerprint density at radius 2 is 1.74 bits per heavy atom. The van der Waals surface area contributed by atoms with E-state index in [9.17, 15) is 18.3 Å². The van der Waals surface area contributed by atoms with Crippen molar-refractivity contribution in [2.45, 2.75) is 58.5 Å². The van der Waals surface area contributed by atoms with Crippen molar-refractivity contribution in [3.05, 3.63) is 101 Å². The first-order valence-corrected chi connectivity index (χ1v) is 16.4. The smallest absolute Gasteiger partial charge is 0.335 e. The van der Waals surface area contributed by atoms with Crippen LogP contribution in [0.4, 0.5) is 5.95 Å². The van der Waals surface area contributed by atoms with Crippen LogP contribution >= 0.6 is 0 Å². The fraction of sp³-hybridized carbons (Fsp3) is 0.294. The van der Waals surface area contributed by atoms with E-state index in [1.807, 2.05) is 54.9 Å². The van der Waals surface area contributed by atoms with Gasteiger partial charge < -0.3 is 15.2 Å². The molecule has 2 aromatic carbocycles. The number of carbonyl (C=O) groups is 1. The Labute approximate surface area is 268 Å². The molecule has 11 nitrogen and oxygen atoms in total. The van der Waals surface area contributed by atoms with Gasteiger partial charge in [0.2, 0.25) is 11.8 Å². The third-order valence-electron chi connectivity index (χ3n) is 7.41. The fourth-order valence-corrected chi connectivity index (χ4v) is 6.31. The highest BCUT2D eigenvalue weighted by atomic mass is 32.2. The van der Waals surface area contributed by atoms with Crippen molar-refractivity contribution in [1.29, 1.82) is 0 Å². The quantitative estimate of drug-likeness (QED) is 0.152. The van der Waals surface area contributed by atoms with Crippen molar-refractivity contribution in [2.75, 3.05) is 11.3 Å². The highest BCUT2D eigenvalue weighted by Gasteiger charge is 2.22. The number of nitrogens with one attached hydrogen (secondary N) is 2. The van der Waals surface area contributed by atoms with Crippen molar-refractivity contribution in [2.24, 2.45) is 5.41 Å². The molecule has 5 aromatic rings. The molecule has 0 radical (unpaired) electrons. The van der Waals surface area contributed by atoms with Gasteiger partial charge in [0.25, 0.3) is 10.0 Å². The largest absolute Gasteiger partial charge is 0.478 e. The zero-order valence-corrected chi connectivity index (χ0v) is 27.3. The maximum atomic E-state index is 13.3. The minimum atomic E-state index is -4.22. The summed E-state index contributed by atoms with van der Waals surface area (Å²) in [6.07, 6.45) is 4.49. The molecule has 0 bridgehead atoms. The molecule has 240 valence electrons. The molecule has 12 heteroatoms. The molecule has 5 rings (SSSR count). The Bertz CT molecular complexity index is 1960. The minimum absolute atomic E-state index is 0.00317. The minimum Gasteiger partial charge on any atom is -0.478 e. The second-order valence-electron chi connectivity index (χ2n) is 12.5. The number of aromatic nitrogens is 4. The van der Waals surface area contributed by atoms with Crippen molar-refractivity contribution >= 4 is 27.5 Å². The molecule has 0 amide bonds. The predicted molar refractivity (Wildman–Crippen MR) is 177 cm³/mol. The van der Waals surface area contributed by atoms with Crippen LogP contribution in [0.3, 0.4) is 0 Å². The van der Waals surface area contributed by atoms with Gasteiger partial charge in [-0.05, 0) is 78.8 Å². The van der Waals surface area contributed by atoms with E-state index in [1.54, 1.807) is 12.3 Å². The monoisotopic (exact) mass is 642 g/mol. The summed E-state index contributed by atoms with van der Waals surface area (Å²) in [6, 6.07) is 18.7. The van der Waals surface area contributed by atoms with Gasteiger partial charge in [0.05, 0.1) is 21.7 Å². The first-order valence-electron chi connectivity index (χ1n) is 14.9. The fourth-order valence-electron chi connectivity index (χ4n) is 5.32. The molecule has 1 atom stereocenters. The molecule has 3 heterocycles. The first-order chi connectivity index (χ1) is 21.8. The van der Waals surface area contributed by atoms with E-state index < -0.39 is 16.0 Å². The van der Waals surface area contributed by atoms with Crippen molar-refractivity contribution in [3.8, 4) is 17.1 Å². The van der Waals surface area contributed by atoms with E-state index in [2.05, 4.69) is 51.9 Å². The van der Waals surface area contributed by atoms with Gasteiger partial charge >= 0.3 is 5.97 Å². The molecular formula is C34H38N6O5S. The molecule has 0 fully saturated rings. The average molecular weight is 643 g/mol. The molecule has 46 heavy (non-hydrogen) atoms. The van der Waals surface area contributed by atoms with Crippen LogP contribution in [0.25, 0.3) is 16.8 Å². The highest BCUT2D eigenvalue weighted by Crippen LogP contribution is 2.30. The molecule has 0 saturated carbocycles. The van der Waals surface area contributed by atoms with Gasteiger partial charge in [-0.25, -0.2) is 27.4 Å². The number of sulfonamides is 1. The average Bonchev–Trinajstić information content (AvgIpc) is 3.46. The van der Waals surface area contributed by atoms with Gasteiger partial charge in [-0.3, -0.25) is 0 Å².